The third-order valence-corrected chi connectivity index (χ3v) is 4.05. The number of carbonyl (C=O) groups excluding carboxylic acids is 1. The van der Waals surface area contributed by atoms with Gasteiger partial charge in [0.2, 0.25) is 0 Å². The third-order valence-electron chi connectivity index (χ3n) is 4.05. The molecule has 0 bridgehead atoms. The van der Waals surface area contributed by atoms with Gasteiger partial charge in [0.15, 0.2) is 0 Å². The number of carbonyl (C=O) groups is 1. The van der Waals surface area contributed by atoms with Gasteiger partial charge in [0.05, 0.1) is 11.6 Å². The van der Waals surface area contributed by atoms with E-state index in [-0.39, 0.29) is 5.91 Å². The van der Waals surface area contributed by atoms with Crippen molar-refractivity contribution in [2.24, 2.45) is 0 Å². The van der Waals surface area contributed by atoms with Crippen LogP contribution in [0.5, 0.6) is 0 Å². The van der Waals surface area contributed by atoms with Crippen LogP contribution < -0.4 is 10.6 Å². The quantitative estimate of drug-likeness (QED) is 0.902. The Kier molecular flexibility index (Phi) is 4.71. The summed E-state index contributed by atoms with van der Waals surface area (Å²) >= 11 is 0. The highest BCUT2D eigenvalue weighted by atomic mass is 16.1. The van der Waals surface area contributed by atoms with Crippen molar-refractivity contribution in [2.45, 2.75) is 38.6 Å². The maximum atomic E-state index is 12.4. The van der Waals surface area contributed by atoms with E-state index in [1.807, 2.05) is 6.07 Å². The lowest BCUT2D eigenvalue weighted by Gasteiger charge is -2.14. The summed E-state index contributed by atoms with van der Waals surface area (Å²) < 4.78 is 0. The van der Waals surface area contributed by atoms with Crippen LogP contribution in [0.1, 0.15) is 47.6 Å². The number of nitrogens with zero attached hydrogens (tertiary/aromatic N) is 3. The number of hydrogen-bond donors (Lipinski definition) is 2. The summed E-state index contributed by atoms with van der Waals surface area (Å²) in [4.78, 5) is 21.0. The van der Waals surface area contributed by atoms with Crippen molar-refractivity contribution < 1.29 is 4.79 Å². The van der Waals surface area contributed by atoms with Crippen LogP contribution in [0, 0.1) is 18.3 Å². The molecule has 0 saturated heterocycles. The molecule has 2 N–H and O–H groups in total. The molecule has 3 rings (SSSR count). The molecule has 0 aliphatic heterocycles. The fourth-order valence-corrected chi connectivity index (χ4v) is 2.86. The average Bonchev–Trinajstić information content (AvgIpc) is 3.08. The number of nitrogens with one attached hydrogen (secondary N) is 2. The van der Waals surface area contributed by atoms with Crippen LogP contribution in [0.3, 0.4) is 0 Å². The van der Waals surface area contributed by atoms with Gasteiger partial charge in [0.25, 0.3) is 5.91 Å². The van der Waals surface area contributed by atoms with Gasteiger partial charge in [-0.2, -0.15) is 5.26 Å². The smallest absolute Gasteiger partial charge is 0.274 e. The van der Waals surface area contributed by atoms with E-state index in [1.165, 1.54) is 12.8 Å². The molecule has 24 heavy (non-hydrogen) atoms. The molecule has 0 unspecified atom stereocenters. The standard InChI is InChI=1S/C18H19N5O/c1-12-20-16(10-17(21-12)22-14-4-2-3-5-14)18(24)23-15-8-6-13(11-19)7-9-15/h6-10,14H,2-5H2,1H3,(H,23,24)(H,20,21,22). The summed E-state index contributed by atoms with van der Waals surface area (Å²) in [6, 6.07) is 10.9. The van der Waals surface area contributed by atoms with Crippen LogP contribution in [-0.4, -0.2) is 21.9 Å². The van der Waals surface area contributed by atoms with E-state index in [1.54, 1.807) is 37.3 Å². The molecular formula is C18H19N5O. The first-order valence-corrected chi connectivity index (χ1v) is 8.08. The Morgan fingerprint density at radius 3 is 2.58 bits per heavy atom. The molecule has 6 nitrogen and oxygen atoms in total. The lowest BCUT2D eigenvalue weighted by atomic mass is 10.2. The van der Waals surface area contributed by atoms with Gasteiger partial charge in [-0.1, -0.05) is 12.8 Å². The van der Waals surface area contributed by atoms with Crippen molar-refractivity contribution in [3.05, 3.63) is 47.4 Å². The molecule has 122 valence electrons. The van der Waals surface area contributed by atoms with Crippen molar-refractivity contribution in [1.82, 2.24) is 9.97 Å². The molecule has 1 amide bonds. The minimum atomic E-state index is -0.292. The fraction of sp³-hybridized carbons (Fsp3) is 0.333. The molecule has 1 aliphatic carbocycles. The molecule has 6 heteroatoms. The minimum Gasteiger partial charge on any atom is -0.367 e. The Bertz CT molecular complexity index is 773. The first-order chi connectivity index (χ1) is 11.6. The average molecular weight is 321 g/mol. The van der Waals surface area contributed by atoms with Gasteiger partial charge < -0.3 is 10.6 Å². The minimum absolute atomic E-state index is 0.292. The topological polar surface area (TPSA) is 90.7 Å². The van der Waals surface area contributed by atoms with Crippen LogP contribution in [0.25, 0.3) is 0 Å². The predicted octanol–water partition coefficient (Wildman–Crippen LogP) is 3.26. The summed E-state index contributed by atoms with van der Waals surface area (Å²) in [5, 5.41) is 15.0. The van der Waals surface area contributed by atoms with Crippen molar-refractivity contribution >= 4 is 17.4 Å². The zero-order valence-electron chi connectivity index (χ0n) is 13.5. The number of aromatic nitrogens is 2. The number of anilines is 2. The SMILES string of the molecule is Cc1nc(NC2CCCC2)cc(C(=O)Nc2ccc(C#N)cc2)n1. The molecule has 1 saturated carbocycles. The first kappa shape index (κ1) is 15.9. The van der Waals surface area contributed by atoms with Crippen molar-refractivity contribution in [2.75, 3.05) is 10.6 Å². The van der Waals surface area contributed by atoms with E-state index in [2.05, 4.69) is 20.6 Å². The highest BCUT2D eigenvalue weighted by molar-refractivity contribution is 6.03. The highest BCUT2D eigenvalue weighted by Crippen LogP contribution is 2.22. The maximum Gasteiger partial charge on any atom is 0.274 e. The molecule has 1 aromatic heterocycles. The largest absolute Gasteiger partial charge is 0.367 e. The Hall–Kier alpha value is -2.94. The fourth-order valence-electron chi connectivity index (χ4n) is 2.86. The Morgan fingerprint density at radius 2 is 1.92 bits per heavy atom. The van der Waals surface area contributed by atoms with Crippen LogP contribution in [0.4, 0.5) is 11.5 Å². The second-order valence-electron chi connectivity index (χ2n) is 5.95. The Balaban J connectivity index is 1.73. The third kappa shape index (κ3) is 3.87. The van der Waals surface area contributed by atoms with Crippen molar-refractivity contribution in [1.29, 1.82) is 5.26 Å². The molecule has 0 radical (unpaired) electrons. The van der Waals surface area contributed by atoms with Crippen LogP contribution in [0.15, 0.2) is 30.3 Å². The highest BCUT2D eigenvalue weighted by Gasteiger charge is 2.17. The van der Waals surface area contributed by atoms with Crippen molar-refractivity contribution in [3.8, 4) is 6.07 Å². The summed E-state index contributed by atoms with van der Waals surface area (Å²) in [5.74, 6) is 0.960. The number of hydrogen-bond acceptors (Lipinski definition) is 5. The molecule has 1 aliphatic rings. The molecule has 1 heterocycles. The van der Waals surface area contributed by atoms with Crippen LogP contribution >= 0.6 is 0 Å². The van der Waals surface area contributed by atoms with E-state index in [0.717, 1.165) is 12.8 Å². The van der Waals surface area contributed by atoms with E-state index in [4.69, 9.17) is 5.26 Å². The molecule has 0 spiro atoms. The zero-order valence-corrected chi connectivity index (χ0v) is 13.5. The number of rotatable bonds is 4. The molecule has 2 aromatic rings. The van der Waals surface area contributed by atoms with E-state index >= 15 is 0 Å². The van der Waals surface area contributed by atoms with Gasteiger partial charge in [-0.3, -0.25) is 4.79 Å². The van der Waals surface area contributed by atoms with Gasteiger partial charge in [-0.05, 0) is 44.0 Å². The molecule has 1 aromatic carbocycles. The second kappa shape index (κ2) is 7.09. The summed E-state index contributed by atoms with van der Waals surface area (Å²) in [6.45, 7) is 1.78. The van der Waals surface area contributed by atoms with E-state index in [9.17, 15) is 4.79 Å². The van der Waals surface area contributed by atoms with Gasteiger partial charge in [0, 0.05) is 17.8 Å². The Labute approximate surface area is 140 Å². The van der Waals surface area contributed by atoms with Gasteiger partial charge in [0.1, 0.15) is 17.3 Å². The summed E-state index contributed by atoms with van der Waals surface area (Å²) in [5.41, 5.74) is 1.50. The molecule has 1 fully saturated rings. The lowest BCUT2D eigenvalue weighted by molar-refractivity contribution is 0.102. The molecular weight excluding hydrogens is 302 g/mol. The monoisotopic (exact) mass is 321 g/mol. The van der Waals surface area contributed by atoms with E-state index < -0.39 is 0 Å². The first-order valence-electron chi connectivity index (χ1n) is 8.08. The number of amides is 1. The van der Waals surface area contributed by atoms with E-state index in [0.29, 0.717) is 34.6 Å². The predicted molar refractivity (Wildman–Crippen MR) is 91.8 cm³/mol. The van der Waals surface area contributed by atoms with Crippen molar-refractivity contribution in [3.63, 3.8) is 0 Å². The van der Waals surface area contributed by atoms with Gasteiger partial charge in [-0.25, -0.2) is 9.97 Å². The maximum absolute atomic E-state index is 12.4. The number of aryl methyl sites for hydroxylation is 1. The van der Waals surface area contributed by atoms with Crippen LogP contribution in [0.2, 0.25) is 0 Å². The van der Waals surface area contributed by atoms with Gasteiger partial charge in [-0.15, -0.1) is 0 Å². The summed E-state index contributed by atoms with van der Waals surface area (Å²) in [7, 11) is 0. The van der Waals surface area contributed by atoms with Crippen LogP contribution in [-0.2, 0) is 0 Å². The normalized spacial score (nSPS) is 14.2. The zero-order chi connectivity index (χ0) is 16.9. The molecule has 0 atom stereocenters. The van der Waals surface area contributed by atoms with Gasteiger partial charge >= 0.3 is 0 Å². The number of benzene rings is 1. The second-order valence-corrected chi connectivity index (χ2v) is 5.95. The lowest BCUT2D eigenvalue weighted by Crippen LogP contribution is -2.19. The Morgan fingerprint density at radius 1 is 1.21 bits per heavy atom. The number of nitriles is 1. The summed E-state index contributed by atoms with van der Waals surface area (Å²) in [6.07, 6.45) is 4.73.